The molecule has 0 N–H and O–H groups in total. The number of Topliss-reactive ketones (excluding diaryl/α,β-unsaturated/α-hetero) is 2. The van der Waals surface area contributed by atoms with Gasteiger partial charge in [0.2, 0.25) is 0 Å². The molecule has 1 aliphatic heterocycles. The summed E-state index contributed by atoms with van der Waals surface area (Å²) >= 11 is 0. The van der Waals surface area contributed by atoms with Crippen LogP contribution in [-0.2, 0) is 14.3 Å². The van der Waals surface area contributed by atoms with Crippen LogP contribution in [-0.4, -0.2) is 29.6 Å². The van der Waals surface area contributed by atoms with Crippen LogP contribution in [0.4, 0.5) is 0 Å². The van der Waals surface area contributed by atoms with Crippen molar-refractivity contribution in [2.75, 3.05) is 7.11 Å². The molecule has 1 aromatic heterocycles. The number of ketones is 2. The average molecular weight is 538 g/mol. The average Bonchev–Trinajstić information content (AvgIpc) is 2.81. The fraction of sp³-hybridized carbons (Fsp3) is 0.419. The third-order valence-corrected chi connectivity index (χ3v) is 7.80. The Kier molecular flexibility index (Phi) is 7.76. The van der Waals surface area contributed by atoms with Gasteiger partial charge in [-0.2, -0.15) is 0 Å². The van der Waals surface area contributed by atoms with Crippen LogP contribution in [0.5, 0.6) is 5.75 Å². The molecule has 39 heavy (non-hydrogen) atoms. The number of hydrogen-bond acceptors (Lipinski definition) is 7. The fourth-order valence-electron chi connectivity index (χ4n) is 6.18. The summed E-state index contributed by atoms with van der Waals surface area (Å²) < 4.78 is 12.2. The maximum atomic E-state index is 13.7. The minimum Gasteiger partial charge on any atom is -0.543 e. The number of carboxylic acids is 1. The predicted molar refractivity (Wildman–Crippen MR) is 139 cm³/mol. The minimum atomic E-state index is -1.36. The van der Waals surface area contributed by atoms with Crippen LogP contribution in [0.15, 0.2) is 53.0 Å². The fourth-order valence-corrected chi connectivity index (χ4v) is 6.18. The molecule has 5 rings (SSSR count). The summed E-state index contributed by atoms with van der Waals surface area (Å²) in [6.45, 7) is 10.1. The second-order valence-electron chi connectivity index (χ2n) is 12.1. The van der Waals surface area contributed by atoms with Crippen molar-refractivity contribution < 1.29 is 58.5 Å². The van der Waals surface area contributed by atoms with Crippen molar-refractivity contribution >= 4 is 17.5 Å². The smallest absolute Gasteiger partial charge is 0.543 e. The quantitative estimate of drug-likeness (QED) is 0.548. The van der Waals surface area contributed by atoms with Crippen LogP contribution < -0.4 is 39.4 Å². The molecule has 7 nitrogen and oxygen atoms in total. The Morgan fingerprint density at radius 2 is 1.51 bits per heavy atom. The first-order valence-electron chi connectivity index (χ1n) is 12.9. The zero-order valence-corrected chi connectivity index (χ0v) is 25.7. The van der Waals surface area contributed by atoms with Crippen LogP contribution in [0, 0.1) is 17.8 Å². The molecule has 0 saturated carbocycles. The van der Waals surface area contributed by atoms with E-state index >= 15 is 0 Å². The number of aromatic nitrogens is 1. The van der Waals surface area contributed by atoms with Gasteiger partial charge in [0.1, 0.15) is 17.3 Å². The zero-order valence-electron chi connectivity index (χ0n) is 23.7. The van der Waals surface area contributed by atoms with Crippen LogP contribution in [0.25, 0.3) is 11.3 Å². The van der Waals surface area contributed by atoms with Crippen molar-refractivity contribution in [2.45, 2.75) is 66.2 Å². The molecule has 3 aliphatic rings. The Labute approximate surface area is 251 Å². The van der Waals surface area contributed by atoms with Crippen molar-refractivity contribution in [2.24, 2.45) is 10.8 Å². The monoisotopic (exact) mass is 537 g/mol. The Bertz CT molecular complexity index is 1410. The first-order chi connectivity index (χ1) is 17.8. The Hall–Kier alpha value is -2.74. The Balaban J connectivity index is 0.00000353. The van der Waals surface area contributed by atoms with E-state index < -0.39 is 11.9 Å². The summed E-state index contributed by atoms with van der Waals surface area (Å²) in [7, 11) is 1.56. The van der Waals surface area contributed by atoms with Gasteiger partial charge in [-0.1, -0.05) is 33.8 Å². The number of allylic oxidation sites excluding steroid dienone is 4. The molecule has 0 fully saturated rings. The molecule has 0 saturated heterocycles. The van der Waals surface area contributed by atoms with Crippen LogP contribution in [0.1, 0.15) is 80.9 Å². The van der Waals surface area contributed by atoms with Gasteiger partial charge in [-0.05, 0) is 47.6 Å². The van der Waals surface area contributed by atoms with Gasteiger partial charge in [-0.3, -0.25) is 9.59 Å². The maximum Gasteiger partial charge on any atom is 1.00 e. The molecule has 0 atom stereocenters. The van der Waals surface area contributed by atoms with Crippen LogP contribution in [0.2, 0.25) is 0 Å². The topological polar surface area (TPSA) is 106 Å². The Morgan fingerprint density at radius 3 is 2.03 bits per heavy atom. The number of benzene rings is 1. The van der Waals surface area contributed by atoms with Crippen LogP contribution >= 0.6 is 0 Å². The number of pyridine rings is 1. The summed E-state index contributed by atoms with van der Waals surface area (Å²) in [6.07, 6.45) is 1.88. The number of rotatable bonds is 4. The first-order valence-corrected chi connectivity index (χ1v) is 12.9. The Morgan fingerprint density at radius 1 is 0.949 bits per heavy atom. The van der Waals surface area contributed by atoms with Gasteiger partial charge in [-0.25, -0.2) is 4.98 Å². The van der Waals surface area contributed by atoms with Gasteiger partial charge in [0.15, 0.2) is 11.6 Å². The van der Waals surface area contributed by atoms with E-state index in [9.17, 15) is 19.5 Å². The van der Waals surface area contributed by atoms with E-state index in [1.54, 1.807) is 25.3 Å². The number of hydrogen-bond donors (Lipinski definition) is 0. The third-order valence-electron chi connectivity index (χ3n) is 7.80. The molecular formula is C31H32NNaO6. The van der Waals surface area contributed by atoms with E-state index in [2.05, 4.69) is 32.7 Å². The predicted octanol–water partition coefficient (Wildman–Crippen LogP) is 1.83. The third kappa shape index (κ3) is 5.24. The number of carbonyl (C=O) groups is 3. The van der Waals surface area contributed by atoms with Gasteiger partial charge >= 0.3 is 29.6 Å². The van der Waals surface area contributed by atoms with Crippen LogP contribution in [0.3, 0.4) is 0 Å². The van der Waals surface area contributed by atoms with E-state index in [1.807, 2.05) is 13.0 Å². The van der Waals surface area contributed by atoms with E-state index in [0.717, 1.165) is 5.56 Å². The van der Waals surface area contributed by atoms with E-state index in [4.69, 9.17) is 9.47 Å². The normalized spacial score (nSPS) is 20.1. The van der Waals surface area contributed by atoms with E-state index in [1.165, 1.54) is 6.07 Å². The second-order valence-corrected chi connectivity index (χ2v) is 12.1. The molecule has 198 valence electrons. The van der Waals surface area contributed by atoms with Crippen molar-refractivity contribution in [3.8, 4) is 17.0 Å². The SMILES string of the molecule is COc1ccc(-c2cccc(C(=O)[O-])n2)c(C)c1C1C2=C(CC(C)(C)CC2=O)OC2=C1C(=O)CC(C)(C)C2.[Na+]. The van der Waals surface area contributed by atoms with Crippen molar-refractivity contribution in [3.05, 3.63) is 69.8 Å². The summed E-state index contributed by atoms with van der Waals surface area (Å²) in [4.78, 5) is 43.2. The number of methoxy groups -OCH3 is 1. The van der Waals surface area contributed by atoms with E-state index in [-0.39, 0.29) is 57.6 Å². The largest absolute Gasteiger partial charge is 1.00 e. The number of carbonyl (C=O) groups excluding carboxylic acids is 3. The summed E-state index contributed by atoms with van der Waals surface area (Å²) in [5.74, 6) is -0.265. The number of aromatic carboxylic acids is 1. The molecule has 1 aromatic carbocycles. The molecule has 0 radical (unpaired) electrons. The van der Waals surface area contributed by atoms with Gasteiger partial charge in [-0.15, -0.1) is 0 Å². The molecular weight excluding hydrogens is 505 g/mol. The first kappa shape index (κ1) is 29.2. The van der Waals surface area contributed by atoms with Crippen molar-refractivity contribution in [1.82, 2.24) is 4.98 Å². The van der Waals surface area contributed by atoms with Crippen molar-refractivity contribution in [1.29, 1.82) is 0 Å². The maximum absolute atomic E-state index is 13.7. The summed E-state index contributed by atoms with van der Waals surface area (Å²) in [6, 6.07) is 8.34. The molecule has 2 aliphatic carbocycles. The summed E-state index contributed by atoms with van der Waals surface area (Å²) in [5.41, 5.74) is 2.95. The second kappa shape index (κ2) is 10.3. The number of ether oxygens (including phenoxy) is 2. The standard InChI is InChI=1S/C31H33NO6.Na/c1-16-17(18-8-7-9-19(32-18)29(35)36)10-11-22(37-6)25(16)28-26-20(33)12-30(2,3)14-23(26)38-24-15-31(4,5)13-21(34)27(24)28;/h7-11,28H,12-15H2,1-6H3,(H,35,36);/q;+1/p-1. The van der Waals surface area contributed by atoms with Gasteiger partial charge in [0.05, 0.1) is 30.4 Å². The molecule has 0 amide bonds. The molecule has 0 bridgehead atoms. The van der Waals surface area contributed by atoms with Crippen molar-refractivity contribution in [3.63, 3.8) is 0 Å². The minimum absolute atomic E-state index is 0. The summed E-state index contributed by atoms with van der Waals surface area (Å²) in [5, 5.41) is 11.5. The molecule has 8 heteroatoms. The molecule has 0 unspecified atom stereocenters. The number of nitrogens with zero attached hydrogens (tertiary/aromatic N) is 1. The van der Waals surface area contributed by atoms with Gasteiger partial charge in [0.25, 0.3) is 0 Å². The molecule has 2 aromatic rings. The molecule has 0 spiro atoms. The zero-order chi connectivity index (χ0) is 27.6. The van der Waals surface area contributed by atoms with Gasteiger partial charge < -0.3 is 19.4 Å². The van der Waals surface area contributed by atoms with Gasteiger partial charge in [0, 0.05) is 48.0 Å². The van der Waals surface area contributed by atoms with E-state index in [0.29, 0.717) is 70.9 Å². The number of carboxylic acid groups (broad SMARTS) is 1. The molecule has 2 heterocycles.